The van der Waals surface area contributed by atoms with Crippen LogP contribution in [-0.4, -0.2) is 9.49 Å². The van der Waals surface area contributed by atoms with Gasteiger partial charge in [-0.15, -0.1) is 46.2 Å². The lowest BCUT2D eigenvalue weighted by Crippen LogP contribution is -2.47. The van der Waals surface area contributed by atoms with Gasteiger partial charge in [-0.1, -0.05) is 0 Å². The predicted molar refractivity (Wildman–Crippen MR) is 228 cm³/mol. The van der Waals surface area contributed by atoms with Gasteiger partial charge in [0, 0.05) is 89.0 Å². The highest BCUT2D eigenvalue weighted by Crippen LogP contribution is 2.71. The van der Waals surface area contributed by atoms with E-state index in [1.807, 2.05) is 46.2 Å². The average Bonchev–Trinajstić information content (AvgIpc) is 3.93. The minimum absolute atomic E-state index is 0.243. The van der Waals surface area contributed by atoms with E-state index in [4.69, 9.17) is 0 Å². The third-order valence-corrected chi connectivity index (χ3v) is 16.9. The molecule has 54 heavy (non-hydrogen) atoms. The number of aryl methyl sites for hydroxylation is 6. The quantitative estimate of drug-likeness (QED) is 0.157. The van der Waals surface area contributed by atoms with Crippen molar-refractivity contribution in [3.63, 3.8) is 0 Å². The third-order valence-electron chi connectivity index (χ3n) is 11.3. The molecule has 0 amide bonds. The number of pyridine rings is 4. The lowest BCUT2D eigenvalue weighted by atomic mass is 9.68. The summed E-state index contributed by atoms with van der Waals surface area (Å²) in [6, 6.07) is 23.0. The van der Waals surface area contributed by atoms with Gasteiger partial charge in [0.05, 0.1) is 9.49 Å². The first kappa shape index (κ1) is 35.4. The molecule has 0 N–H and O–H groups in total. The molecular weight excluding hydrogens is 737 g/mol. The number of thioether (sulfide) groups is 2. The maximum atomic E-state index is 2.54. The molecular formula is C46H44N4S4+4. The Labute approximate surface area is 335 Å². The van der Waals surface area contributed by atoms with Crippen molar-refractivity contribution in [2.75, 3.05) is 0 Å². The summed E-state index contributed by atoms with van der Waals surface area (Å²) in [6.07, 6.45) is 22.3. The average molecular weight is 781 g/mol. The highest BCUT2D eigenvalue weighted by molar-refractivity contribution is 8.14. The maximum absolute atomic E-state index is 2.54. The van der Waals surface area contributed by atoms with Gasteiger partial charge in [-0.05, 0) is 96.5 Å². The van der Waals surface area contributed by atoms with Gasteiger partial charge in [-0.2, -0.15) is 0 Å². The Kier molecular flexibility index (Phi) is 8.62. The van der Waals surface area contributed by atoms with Gasteiger partial charge < -0.3 is 0 Å². The first-order valence-electron chi connectivity index (χ1n) is 18.3. The van der Waals surface area contributed by atoms with Crippen LogP contribution in [0.25, 0.3) is 41.8 Å². The molecule has 1 aliphatic carbocycles. The van der Waals surface area contributed by atoms with E-state index in [1.165, 1.54) is 85.0 Å². The molecule has 6 aromatic rings. The molecule has 0 radical (unpaired) electrons. The minimum atomic E-state index is -0.243. The monoisotopic (exact) mass is 780 g/mol. The lowest BCUT2D eigenvalue weighted by Gasteiger charge is -2.48. The summed E-state index contributed by atoms with van der Waals surface area (Å²) >= 11 is 7.91. The van der Waals surface area contributed by atoms with E-state index in [-0.39, 0.29) is 9.49 Å². The van der Waals surface area contributed by atoms with Gasteiger partial charge in [-0.3, -0.25) is 0 Å². The Bertz CT molecular complexity index is 2420. The molecule has 2 atom stereocenters. The molecule has 0 aromatic carbocycles. The second-order valence-electron chi connectivity index (χ2n) is 15.0. The molecule has 0 fully saturated rings. The van der Waals surface area contributed by atoms with Gasteiger partial charge in [0.2, 0.25) is 0 Å². The number of fused-ring (bicyclic) bond motifs is 3. The number of nitrogens with zero attached hydrogens (tertiary/aromatic N) is 4. The van der Waals surface area contributed by atoms with Gasteiger partial charge in [0.15, 0.2) is 49.6 Å². The van der Waals surface area contributed by atoms with Crippen LogP contribution in [0.15, 0.2) is 134 Å². The first-order valence-corrected chi connectivity index (χ1v) is 21.5. The molecule has 3 aliphatic rings. The SMILES string of the molecule is Cc1sc(-c2cc[n+](C)cc2)cc1C1=C2C=C(c3cc[n+](C)cc3)S[C@@]2(C)[C@]2(C)SC(c3cc[n+](C)cc3)=CC2=C1c1cc(-c2cc[n+](C)cc2)sc1C. The van der Waals surface area contributed by atoms with Crippen LogP contribution in [0, 0.1) is 13.8 Å². The van der Waals surface area contributed by atoms with Gasteiger partial charge in [-0.25, -0.2) is 18.3 Å². The van der Waals surface area contributed by atoms with E-state index in [9.17, 15) is 0 Å². The Morgan fingerprint density at radius 2 is 0.741 bits per heavy atom. The molecule has 6 aromatic heterocycles. The number of rotatable bonds is 6. The largest absolute Gasteiger partial charge is 0.208 e. The Morgan fingerprint density at radius 1 is 0.444 bits per heavy atom. The van der Waals surface area contributed by atoms with Gasteiger partial charge in [0.25, 0.3) is 0 Å². The Morgan fingerprint density at radius 3 is 1.06 bits per heavy atom. The maximum Gasteiger partial charge on any atom is 0.169 e. The molecule has 0 bridgehead atoms. The number of allylic oxidation sites excluding steroid dienone is 4. The van der Waals surface area contributed by atoms with Crippen LogP contribution in [0.3, 0.4) is 0 Å². The molecule has 0 saturated carbocycles. The van der Waals surface area contributed by atoms with Crippen molar-refractivity contribution in [1.29, 1.82) is 0 Å². The summed E-state index contributed by atoms with van der Waals surface area (Å²) in [5.74, 6) is 0. The fourth-order valence-electron chi connectivity index (χ4n) is 8.00. The van der Waals surface area contributed by atoms with Crippen LogP contribution in [0.4, 0.5) is 0 Å². The second-order valence-corrected chi connectivity index (χ2v) is 20.5. The van der Waals surface area contributed by atoms with E-state index in [0.29, 0.717) is 0 Å². The van der Waals surface area contributed by atoms with Crippen LogP contribution in [-0.2, 0) is 28.2 Å². The topological polar surface area (TPSA) is 15.5 Å². The Hall–Kier alpha value is -4.34. The summed E-state index contributed by atoms with van der Waals surface area (Å²) in [5, 5.41) is 0. The Balaban J connectivity index is 1.35. The standard InChI is InChI=1S/C46H44N4S4/c1-29-35(25-39(51-29)31-9-17-47(5)18-10-31)43-37-27-41(33-13-21-49(7)22-14-33)53-45(37,3)46(4)38(28-42(54-46)34-15-23-50(8)24-16-34)44(43)36-26-40(52-30(36)2)32-11-19-48(6)20-12-32/h9-28H,1-8H3/q+4/t45-,46-/m1/s1. The van der Waals surface area contributed by atoms with Crippen molar-refractivity contribution >= 4 is 67.2 Å². The fourth-order valence-corrected chi connectivity index (χ4v) is 13.2. The molecule has 0 spiro atoms. The van der Waals surface area contributed by atoms with Crippen LogP contribution in [0.2, 0.25) is 0 Å². The van der Waals surface area contributed by atoms with Gasteiger partial charge >= 0.3 is 0 Å². The minimum Gasteiger partial charge on any atom is -0.208 e. The third kappa shape index (κ3) is 5.72. The van der Waals surface area contributed by atoms with E-state index < -0.39 is 0 Å². The van der Waals surface area contributed by atoms with E-state index >= 15 is 0 Å². The zero-order chi connectivity index (χ0) is 37.5. The van der Waals surface area contributed by atoms with Crippen molar-refractivity contribution in [1.82, 2.24) is 0 Å². The van der Waals surface area contributed by atoms with Crippen LogP contribution in [0.5, 0.6) is 0 Å². The molecule has 0 saturated heterocycles. The summed E-state index contributed by atoms with van der Waals surface area (Å²) in [7, 11) is 8.34. The highest BCUT2D eigenvalue weighted by Gasteiger charge is 2.59. The number of thiophene rings is 2. The summed E-state index contributed by atoms with van der Waals surface area (Å²) < 4.78 is 7.97. The van der Waals surface area contributed by atoms with Crippen LogP contribution >= 0.6 is 46.2 Å². The number of hydrogen-bond donors (Lipinski definition) is 0. The summed E-state index contributed by atoms with van der Waals surface area (Å²) in [6.45, 7) is 9.67. The molecule has 8 heterocycles. The van der Waals surface area contributed by atoms with Crippen molar-refractivity contribution in [3.8, 4) is 20.9 Å². The van der Waals surface area contributed by atoms with E-state index in [0.717, 1.165) is 0 Å². The molecule has 0 unspecified atom stereocenters. The zero-order valence-electron chi connectivity index (χ0n) is 32.0. The predicted octanol–water partition coefficient (Wildman–Crippen LogP) is 9.37. The molecule has 8 heteroatoms. The lowest BCUT2D eigenvalue weighted by molar-refractivity contribution is -0.671. The number of aromatic nitrogens is 4. The smallest absolute Gasteiger partial charge is 0.169 e. The fraction of sp³-hybridized carbons (Fsp3) is 0.217. The summed E-state index contributed by atoms with van der Waals surface area (Å²) in [4.78, 5) is 7.95. The van der Waals surface area contributed by atoms with Crippen molar-refractivity contribution in [3.05, 3.63) is 166 Å². The molecule has 4 nitrogen and oxygen atoms in total. The molecule has 9 rings (SSSR count). The molecule has 2 aliphatic heterocycles. The van der Waals surface area contributed by atoms with Gasteiger partial charge in [0.1, 0.15) is 28.2 Å². The second kappa shape index (κ2) is 13.2. The van der Waals surface area contributed by atoms with Crippen molar-refractivity contribution in [2.45, 2.75) is 37.2 Å². The van der Waals surface area contributed by atoms with E-state index in [1.54, 1.807) is 0 Å². The first-order chi connectivity index (χ1) is 25.9. The number of hydrogen-bond acceptors (Lipinski definition) is 4. The van der Waals surface area contributed by atoms with Crippen LogP contribution in [0.1, 0.15) is 45.9 Å². The summed E-state index contributed by atoms with van der Waals surface area (Å²) in [5.41, 5.74) is 13.3. The van der Waals surface area contributed by atoms with Crippen LogP contribution < -0.4 is 18.3 Å². The molecule has 268 valence electrons. The van der Waals surface area contributed by atoms with Crippen molar-refractivity contribution in [2.24, 2.45) is 28.2 Å². The van der Waals surface area contributed by atoms with E-state index in [2.05, 4.69) is 197 Å². The van der Waals surface area contributed by atoms with Crippen molar-refractivity contribution < 1.29 is 18.3 Å². The normalized spacial score (nSPS) is 20.7. The highest BCUT2D eigenvalue weighted by atomic mass is 32.2. The zero-order valence-corrected chi connectivity index (χ0v) is 35.2.